The molecule has 3 N–H and O–H groups in total. The number of aliphatic hydroxyl groups is 2. The first-order valence-corrected chi connectivity index (χ1v) is 27.9. The lowest BCUT2D eigenvalue weighted by atomic mass is 10.0. The van der Waals surface area contributed by atoms with Gasteiger partial charge in [0.15, 0.2) is 0 Å². The maximum atomic E-state index is 13.2. The third kappa shape index (κ3) is 47.5. The van der Waals surface area contributed by atoms with Gasteiger partial charge >= 0.3 is 5.97 Å². The van der Waals surface area contributed by atoms with Crippen molar-refractivity contribution in [2.75, 3.05) is 6.61 Å². The van der Waals surface area contributed by atoms with Crippen molar-refractivity contribution in [3.8, 4) is 0 Å². The van der Waals surface area contributed by atoms with Gasteiger partial charge in [-0.2, -0.15) is 0 Å². The highest BCUT2D eigenvalue weighted by atomic mass is 16.5. The van der Waals surface area contributed by atoms with Crippen LogP contribution in [0.2, 0.25) is 0 Å². The molecule has 0 saturated heterocycles. The minimum atomic E-state index is -0.812. The normalized spacial score (nSPS) is 13.8. The Morgan fingerprint density at radius 2 is 0.894 bits per heavy atom. The molecule has 0 spiro atoms. The molecule has 0 heterocycles. The fourth-order valence-electron chi connectivity index (χ4n) is 8.10. The average molecular weight is 921 g/mol. The number of rotatable bonds is 49. The van der Waals surface area contributed by atoms with Crippen molar-refractivity contribution in [1.29, 1.82) is 0 Å². The highest BCUT2D eigenvalue weighted by Crippen LogP contribution is 2.17. The van der Waals surface area contributed by atoms with E-state index in [4.69, 9.17) is 4.74 Å². The Kier molecular flexibility index (Phi) is 50.6. The molecule has 6 heteroatoms. The summed E-state index contributed by atoms with van der Waals surface area (Å²) >= 11 is 0. The highest BCUT2D eigenvalue weighted by molar-refractivity contribution is 5.77. The standard InChI is InChI=1S/C60H105NO5/c1-4-7-10-13-16-19-22-24-26-28-29-31-33-35-38-41-44-47-50-53-60(65)66-56(51-48-45-42-39-36-21-18-15-12-9-6-3)54-59(64)61-57(55-62)58(63)52-49-46-43-40-37-34-32-30-27-25-23-20-17-14-11-8-5-2/h9,12,15-16,18-19,21,24,26,29,31,36,39,42,56-58,62-63H,4-8,10-11,13-14,17,20,22-23,25,27-28,30,32-35,37-38,40-41,43-55H2,1-3H3,(H,61,64)/b12-9+,18-15+,19-16-,26-24-,31-29-,36-21-,42-39-. The van der Waals surface area contributed by atoms with Gasteiger partial charge in [0.25, 0.3) is 0 Å². The molecule has 0 aliphatic heterocycles. The third-order valence-electron chi connectivity index (χ3n) is 12.3. The number of amides is 1. The van der Waals surface area contributed by atoms with Gasteiger partial charge < -0.3 is 20.3 Å². The Morgan fingerprint density at radius 3 is 1.42 bits per heavy atom. The van der Waals surface area contributed by atoms with E-state index in [1.54, 1.807) is 0 Å². The number of aliphatic hydroxyl groups excluding tert-OH is 2. The molecular weight excluding hydrogens is 815 g/mol. The van der Waals surface area contributed by atoms with Crippen LogP contribution in [-0.4, -0.2) is 46.9 Å². The Morgan fingerprint density at radius 1 is 0.470 bits per heavy atom. The second-order valence-corrected chi connectivity index (χ2v) is 18.7. The van der Waals surface area contributed by atoms with Crippen molar-refractivity contribution in [3.63, 3.8) is 0 Å². The van der Waals surface area contributed by atoms with Crippen molar-refractivity contribution in [3.05, 3.63) is 85.1 Å². The lowest BCUT2D eigenvalue weighted by Crippen LogP contribution is -2.46. The molecule has 66 heavy (non-hydrogen) atoms. The van der Waals surface area contributed by atoms with Gasteiger partial charge in [-0.1, -0.05) is 254 Å². The maximum absolute atomic E-state index is 13.2. The molecule has 0 aromatic carbocycles. The number of esters is 1. The van der Waals surface area contributed by atoms with Crippen molar-refractivity contribution >= 4 is 11.9 Å². The van der Waals surface area contributed by atoms with Gasteiger partial charge in [-0.25, -0.2) is 0 Å². The maximum Gasteiger partial charge on any atom is 0.306 e. The highest BCUT2D eigenvalue weighted by Gasteiger charge is 2.24. The van der Waals surface area contributed by atoms with Gasteiger partial charge in [-0.3, -0.25) is 9.59 Å². The lowest BCUT2D eigenvalue weighted by molar-refractivity contribution is -0.151. The van der Waals surface area contributed by atoms with Crippen LogP contribution in [0.5, 0.6) is 0 Å². The Bertz CT molecular complexity index is 1260. The number of hydrogen-bond donors (Lipinski definition) is 3. The van der Waals surface area contributed by atoms with Crippen LogP contribution >= 0.6 is 0 Å². The molecule has 0 saturated carbocycles. The predicted octanol–water partition coefficient (Wildman–Crippen LogP) is 17.1. The number of ether oxygens (including phenoxy) is 1. The summed E-state index contributed by atoms with van der Waals surface area (Å²) in [5.74, 6) is -0.558. The Labute approximate surface area is 408 Å². The number of unbranched alkanes of at least 4 members (excludes halogenated alkanes) is 26. The number of carbonyl (C=O) groups is 2. The van der Waals surface area contributed by atoms with E-state index in [9.17, 15) is 19.8 Å². The largest absolute Gasteiger partial charge is 0.462 e. The summed E-state index contributed by atoms with van der Waals surface area (Å²) in [7, 11) is 0. The van der Waals surface area contributed by atoms with Crippen LogP contribution < -0.4 is 5.32 Å². The first-order chi connectivity index (χ1) is 32.5. The summed E-state index contributed by atoms with van der Waals surface area (Å²) in [5, 5.41) is 23.8. The van der Waals surface area contributed by atoms with Crippen molar-refractivity contribution in [2.45, 2.75) is 277 Å². The molecule has 1 amide bonds. The summed E-state index contributed by atoms with van der Waals surface area (Å²) in [4.78, 5) is 26.2. The first-order valence-electron chi connectivity index (χ1n) is 27.9. The molecule has 0 aliphatic carbocycles. The molecule has 380 valence electrons. The molecule has 0 aliphatic rings. The molecule has 0 radical (unpaired) electrons. The minimum Gasteiger partial charge on any atom is -0.462 e. The number of nitrogens with one attached hydrogen (secondary N) is 1. The summed E-state index contributed by atoms with van der Waals surface area (Å²) in [6.45, 7) is 6.30. The van der Waals surface area contributed by atoms with E-state index >= 15 is 0 Å². The second kappa shape index (κ2) is 53.0. The molecular formula is C60H105NO5. The molecule has 0 fully saturated rings. The van der Waals surface area contributed by atoms with E-state index in [2.05, 4.69) is 74.7 Å². The quantitative estimate of drug-likeness (QED) is 0.0245. The van der Waals surface area contributed by atoms with Gasteiger partial charge in [-0.05, 0) is 77.0 Å². The van der Waals surface area contributed by atoms with Gasteiger partial charge in [0, 0.05) is 6.42 Å². The summed E-state index contributed by atoms with van der Waals surface area (Å²) < 4.78 is 5.90. The van der Waals surface area contributed by atoms with Crippen molar-refractivity contribution < 1.29 is 24.5 Å². The molecule has 0 aromatic heterocycles. The van der Waals surface area contributed by atoms with Gasteiger partial charge in [0.2, 0.25) is 5.91 Å². The molecule has 0 rings (SSSR count). The van der Waals surface area contributed by atoms with Crippen molar-refractivity contribution in [2.24, 2.45) is 0 Å². The number of carbonyl (C=O) groups excluding carboxylic acids is 2. The van der Waals surface area contributed by atoms with Gasteiger partial charge in [-0.15, -0.1) is 0 Å². The zero-order chi connectivity index (χ0) is 48.1. The topological polar surface area (TPSA) is 95.9 Å². The van der Waals surface area contributed by atoms with E-state index in [0.29, 0.717) is 19.3 Å². The van der Waals surface area contributed by atoms with E-state index in [0.717, 1.165) is 77.0 Å². The molecule has 6 nitrogen and oxygen atoms in total. The van der Waals surface area contributed by atoms with Crippen LogP contribution in [0.4, 0.5) is 0 Å². The monoisotopic (exact) mass is 920 g/mol. The molecule has 3 atom stereocenters. The molecule has 0 aromatic rings. The fourth-order valence-corrected chi connectivity index (χ4v) is 8.10. The Balaban J connectivity index is 4.54. The Hall–Kier alpha value is -2.96. The van der Waals surface area contributed by atoms with E-state index in [-0.39, 0.29) is 24.9 Å². The van der Waals surface area contributed by atoms with E-state index < -0.39 is 18.2 Å². The van der Waals surface area contributed by atoms with E-state index in [1.807, 2.05) is 36.5 Å². The number of allylic oxidation sites excluding steroid dienone is 14. The summed E-state index contributed by atoms with van der Waals surface area (Å²) in [5.41, 5.74) is 0. The molecule has 3 unspecified atom stereocenters. The SMILES string of the molecule is CC/C=C/C=C/C=C\C=C/CCCC(CC(=O)NC(CO)C(O)CCCCCCCCCCCCCCCCCCC)OC(=O)CCCCCCCC/C=C\C/C=C\C/C=C\CCCCC. The number of hydrogen-bond acceptors (Lipinski definition) is 5. The second-order valence-electron chi connectivity index (χ2n) is 18.7. The van der Waals surface area contributed by atoms with Crippen LogP contribution in [-0.2, 0) is 14.3 Å². The van der Waals surface area contributed by atoms with Crippen molar-refractivity contribution in [1.82, 2.24) is 5.32 Å². The first kappa shape index (κ1) is 63.0. The molecule has 0 bridgehead atoms. The summed E-state index contributed by atoms with van der Waals surface area (Å²) in [6, 6.07) is -0.730. The van der Waals surface area contributed by atoms with Crippen LogP contribution in [0.1, 0.15) is 258 Å². The van der Waals surface area contributed by atoms with Crippen LogP contribution in [0, 0.1) is 0 Å². The van der Waals surface area contributed by atoms with Gasteiger partial charge in [0.05, 0.1) is 25.2 Å². The van der Waals surface area contributed by atoms with E-state index in [1.165, 1.54) is 135 Å². The third-order valence-corrected chi connectivity index (χ3v) is 12.3. The fraction of sp³-hybridized carbons (Fsp3) is 0.733. The van der Waals surface area contributed by atoms with Crippen LogP contribution in [0.25, 0.3) is 0 Å². The zero-order valence-electron chi connectivity index (χ0n) is 43.3. The summed E-state index contributed by atoms with van der Waals surface area (Å²) in [6.07, 6.45) is 69.4. The smallest absolute Gasteiger partial charge is 0.306 e. The lowest BCUT2D eigenvalue weighted by Gasteiger charge is -2.24. The minimum absolute atomic E-state index is 0.0229. The zero-order valence-corrected chi connectivity index (χ0v) is 43.3. The predicted molar refractivity (Wildman–Crippen MR) is 287 cm³/mol. The van der Waals surface area contributed by atoms with Gasteiger partial charge in [0.1, 0.15) is 6.10 Å². The average Bonchev–Trinajstić information content (AvgIpc) is 3.31. The van der Waals surface area contributed by atoms with Crippen LogP contribution in [0.15, 0.2) is 85.1 Å². The van der Waals surface area contributed by atoms with Crippen LogP contribution in [0.3, 0.4) is 0 Å².